The number of carbonyl (C=O) groups excluding carboxylic acids is 1. The van der Waals surface area contributed by atoms with Crippen LogP contribution in [0, 0.1) is 17.8 Å². The van der Waals surface area contributed by atoms with Gasteiger partial charge in [-0.25, -0.2) is 0 Å². The van der Waals surface area contributed by atoms with Crippen LogP contribution >= 0.6 is 11.3 Å². The molecule has 0 saturated carbocycles. The van der Waals surface area contributed by atoms with E-state index in [1.54, 1.807) is 0 Å². The third-order valence-corrected chi connectivity index (χ3v) is 4.57. The molecule has 108 valence electrons. The van der Waals surface area contributed by atoms with Crippen molar-refractivity contribution < 1.29 is 4.79 Å². The lowest BCUT2D eigenvalue weighted by atomic mass is 9.94. The molecule has 1 aliphatic rings. The van der Waals surface area contributed by atoms with Gasteiger partial charge in [-0.3, -0.25) is 4.79 Å². The molecule has 1 aromatic rings. The fourth-order valence-electron chi connectivity index (χ4n) is 2.47. The van der Waals surface area contributed by atoms with Gasteiger partial charge in [-0.1, -0.05) is 18.8 Å². The van der Waals surface area contributed by atoms with Crippen LogP contribution in [0.2, 0.25) is 0 Å². The Bertz CT molecular complexity index is 529. The van der Waals surface area contributed by atoms with Crippen molar-refractivity contribution in [3.8, 4) is 11.8 Å². The van der Waals surface area contributed by atoms with Gasteiger partial charge in [0.15, 0.2) is 0 Å². The number of amides is 1. The Hall–Kier alpha value is -1.35. The molecule has 3 N–H and O–H groups in total. The number of thiophene rings is 1. The highest BCUT2D eigenvalue weighted by Crippen LogP contribution is 2.19. The molecule has 0 bridgehead atoms. The van der Waals surface area contributed by atoms with Crippen molar-refractivity contribution >= 4 is 17.2 Å². The number of hydrogen-bond donors (Lipinski definition) is 2. The molecule has 20 heavy (non-hydrogen) atoms. The number of hydrogen-bond acceptors (Lipinski definition) is 4. The molecule has 2 heterocycles. The Balaban J connectivity index is 1.96. The Morgan fingerprint density at radius 3 is 3.10 bits per heavy atom. The SMILES string of the molecule is CC1CN(C)CCC1NC(=O)c1ccc(C#CCN)s1. The second-order valence-corrected chi connectivity index (χ2v) is 6.36. The predicted octanol–water partition coefficient (Wildman–Crippen LogP) is 1.13. The minimum atomic E-state index is 0.0113. The number of nitrogens with one attached hydrogen (secondary N) is 1. The van der Waals surface area contributed by atoms with Crippen molar-refractivity contribution in [3.05, 3.63) is 21.9 Å². The van der Waals surface area contributed by atoms with Gasteiger partial charge in [0.25, 0.3) is 5.91 Å². The first kappa shape index (κ1) is 15.0. The summed E-state index contributed by atoms with van der Waals surface area (Å²) in [6.45, 7) is 4.59. The molecule has 2 rings (SSSR count). The predicted molar refractivity (Wildman–Crippen MR) is 82.8 cm³/mol. The van der Waals surface area contributed by atoms with Gasteiger partial charge in [0, 0.05) is 12.6 Å². The maximum absolute atomic E-state index is 12.2. The zero-order valence-corrected chi connectivity index (χ0v) is 12.8. The summed E-state index contributed by atoms with van der Waals surface area (Å²) in [5, 5.41) is 3.15. The van der Waals surface area contributed by atoms with E-state index in [0.717, 1.165) is 29.3 Å². The second-order valence-electron chi connectivity index (χ2n) is 5.28. The molecule has 0 aliphatic carbocycles. The lowest BCUT2D eigenvalue weighted by Gasteiger charge is -2.35. The number of rotatable bonds is 2. The van der Waals surface area contributed by atoms with E-state index in [9.17, 15) is 4.79 Å². The van der Waals surface area contributed by atoms with Crippen LogP contribution in [0.4, 0.5) is 0 Å². The van der Waals surface area contributed by atoms with Crippen LogP contribution in [0.5, 0.6) is 0 Å². The smallest absolute Gasteiger partial charge is 0.261 e. The Labute approximate surface area is 124 Å². The summed E-state index contributed by atoms with van der Waals surface area (Å²) < 4.78 is 0. The minimum Gasteiger partial charge on any atom is -0.348 e. The summed E-state index contributed by atoms with van der Waals surface area (Å²) in [5.74, 6) is 6.25. The highest BCUT2D eigenvalue weighted by molar-refractivity contribution is 7.14. The van der Waals surface area contributed by atoms with E-state index >= 15 is 0 Å². The van der Waals surface area contributed by atoms with E-state index in [2.05, 4.69) is 36.0 Å². The summed E-state index contributed by atoms with van der Waals surface area (Å²) >= 11 is 1.42. The molecule has 1 saturated heterocycles. The molecule has 1 aliphatic heterocycles. The number of nitrogens with two attached hydrogens (primary N) is 1. The molecule has 0 spiro atoms. The number of likely N-dealkylation sites (tertiary alicyclic amines) is 1. The first-order chi connectivity index (χ1) is 9.60. The molecule has 1 amide bonds. The lowest BCUT2D eigenvalue weighted by molar-refractivity contribution is 0.0888. The van der Waals surface area contributed by atoms with E-state index < -0.39 is 0 Å². The van der Waals surface area contributed by atoms with E-state index in [1.807, 2.05) is 12.1 Å². The van der Waals surface area contributed by atoms with Crippen LogP contribution in [-0.4, -0.2) is 43.5 Å². The summed E-state index contributed by atoms with van der Waals surface area (Å²) in [5.41, 5.74) is 5.34. The number of carbonyl (C=O) groups is 1. The summed E-state index contributed by atoms with van der Waals surface area (Å²) in [4.78, 5) is 16.2. The molecule has 1 fully saturated rings. The monoisotopic (exact) mass is 291 g/mol. The second kappa shape index (κ2) is 6.89. The highest BCUT2D eigenvalue weighted by atomic mass is 32.1. The molecular formula is C15H21N3OS. The quantitative estimate of drug-likeness (QED) is 0.803. The Morgan fingerprint density at radius 2 is 2.40 bits per heavy atom. The average Bonchev–Trinajstić information content (AvgIpc) is 2.88. The van der Waals surface area contributed by atoms with Crippen LogP contribution in [-0.2, 0) is 0 Å². The lowest BCUT2D eigenvalue weighted by Crippen LogP contribution is -2.48. The van der Waals surface area contributed by atoms with Gasteiger partial charge in [-0.2, -0.15) is 0 Å². The zero-order chi connectivity index (χ0) is 14.5. The van der Waals surface area contributed by atoms with Gasteiger partial charge in [0.1, 0.15) is 0 Å². The normalized spacial score (nSPS) is 22.9. The molecule has 1 aromatic heterocycles. The largest absolute Gasteiger partial charge is 0.348 e. The molecule has 2 unspecified atom stereocenters. The fraction of sp³-hybridized carbons (Fsp3) is 0.533. The summed E-state index contributed by atoms with van der Waals surface area (Å²) in [7, 11) is 2.12. The molecule has 0 aromatic carbocycles. The van der Waals surface area contributed by atoms with Crippen molar-refractivity contribution in [2.45, 2.75) is 19.4 Å². The van der Waals surface area contributed by atoms with Gasteiger partial charge < -0.3 is 16.0 Å². The third kappa shape index (κ3) is 3.83. The molecule has 4 nitrogen and oxygen atoms in total. The summed E-state index contributed by atoms with van der Waals surface area (Å²) in [6, 6.07) is 3.97. The summed E-state index contributed by atoms with van der Waals surface area (Å²) in [6.07, 6.45) is 1.01. The fourth-order valence-corrected chi connectivity index (χ4v) is 3.26. The van der Waals surface area contributed by atoms with Crippen LogP contribution in [0.1, 0.15) is 27.9 Å². The van der Waals surface area contributed by atoms with Crippen molar-refractivity contribution in [2.24, 2.45) is 11.7 Å². The first-order valence-electron chi connectivity index (χ1n) is 6.88. The van der Waals surface area contributed by atoms with Gasteiger partial charge in [0.05, 0.1) is 16.3 Å². The maximum atomic E-state index is 12.2. The van der Waals surface area contributed by atoms with E-state index in [1.165, 1.54) is 11.3 Å². The minimum absolute atomic E-state index is 0.0113. The van der Waals surface area contributed by atoms with Gasteiger partial charge >= 0.3 is 0 Å². The van der Waals surface area contributed by atoms with E-state index in [4.69, 9.17) is 5.73 Å². The van der Waals surface area contributed by atoms with E-state index in [0.29, 0.717) is 12.5 Å². The third-order valence-electron chi connectivity index (χ3n) is 3.57. The Morgan fingerprint density at radius 1 is 1.60 bits per heavy atom. The number of piperidine rings is 1. The van der Waals surface area contributed by atoms with Crippen molar-refractivity contribution in [1.82, 2.24) is 10.2 Å². The molecule has 0 radical (unpaired) electrons. The molecule has 2 atom stereocenters. The standard InChI is InChI=1S/C15H21N3OS/c1-11-10-18(2)9-7-13(11)17-15(19)14-6-5-12(20-14)4-3-8-16/h5-6,11,13H,7-10,16H2,1-2H3,(H,17,19). The highest BCUT2D eigenvalue weighted by Gasteiger charge is 2.26. The first-order valence-corrected chi connectivity index (χ1v) is 7.70. The van der Waals surface area contributed by atoms with Gasteiger partial charge in [-0.05, 0) is 38.1 Å². The van der Waals surface area contributed by atoms with Crippen molar-refractivity contribution in [3.63, 3.8) is 0 Å². The van der Waals surface area contributed by atoms with Crippen LogP contribution < -0.4 is 11.1 Å². The average molecular weight is 291 g/mol. The van der Waals surface area contributed by atoms with Gasteiger partial charge in [-0.15, -0.1) is 11.3 Å². The number of nitrogens with zero attached hydrogens (tertiary/aromatic N) is 1. The van der Waals surface area contributed by atoms with Crippen molar-refractivity contribution in [2.75, 3.05) is 26.7 Å². The molecule has 5 heteroatoms. The maximum Gasteiger partial charge on any atom is 0.261 e. The van der Waals surface area contributed by atoms with E-state index in [-0.39, 0.29) is 11.9 Å². The van der Waals surface area contributed by atoms with Crippen molar-refractivity contribution in [1.29, 1.82) is 0 Å². The topological polar surface area (TPSA) is 58.4 Å². The Kier molecular flexibility index (Phi) is 5.18. The van der Waals surface area contributed by atoms with Gasteiger partial charge in [0.2, 0.25) is 0 Å². The molecular weight excluding hydrogens is 270 g/mol. The zero-order valence-electron chi connectivity index (χ0n) is 12.0. The van der Waals surface area contributed by atoms with Crippen LogP contribution in [0.3, 0.4) is 0 Å². The van der Waals surface area contributed by atoms with Crippen LogP contribution in [0.25, 0.3) is 0 Å². The van der Waals surface area contributed by atoms with Crippen LogP contribution in [0.15, 0.2) is 12.1 Å².